The zero-order valence-electron chi connectivity index (χ0n) is 10.0. The fraction of sp³-hybridized carbons (Fsp3) is 0.500. The Morgan fingerprint density at radius 3 is 2.78 bits per heavy atom. The number of carbonyl (C=O) groups excluding carboxylic acids is 1. The van der Waals surface area contributed by atoms with Crippen LogP contribution in [0.4, 0.5) is 0 Å². The number of amides is 1. The molecule has 0 radical (unpaired) electrons. The van der Waals surface area contributed by atoms with Crippen molar-refractivity contribution >= 4 is 11.9 Å². The van der Waals surface area contributed by atoms with E-state index in [1.165, 1.54) is 12.1 Å². The van der Waals surface area contributed by atoms with Crippen molar-refractivity contribution in [1.29, 1.82) is 0 Å². The van der Waals surface area contributed by atoms with Gasteiger partial charge in [-0.3, -0.25) is 4.79 Å². The predicted molar refractivity (Wildman–Crippen MR) is 61.1 cm³/mol. The van der Waals surface area contributed by atoms with Crippen LogP contribution in [0.15, 0.2) is 16.5 Å². The highest BCUT2D eigenvalue weighted by Crippen LogP contribution is 2.19. The number of furan rings is 1. The molecule has 2 N–H and O–H groups in total. The quantitative estimate of drug-likeness (QED) is 0.840. The number of rotatable bonds is 4. The number of aromatic carboxylic acids is 1. The molecule has 2 unspecified atom stereocenters. The normalized spacial score (nSPS) is 22.9. The van der Waals surface area contributed by atoms with Crippen LogP contribution in [0.3, 0.4) is 0 Å². The average Bonchev–Trinajstić information content (AvgIpc) is 2.94. The van der Waals surface area contributed by atoms with E-state index in [0.717, 1.165) is 6.42 Å². The van der Waals surface area contributed by atoms with Crippen molar-refractivity contribution in [2.24, 2.45) is 0 Å². The van der Waals surface area contributed by atoms with Crippen LogP contribution in [-0.2, 0) is 16.1 Å². The van der Waals surface area contributed by atoms with E-state index in [9.17, 15) is 9.59 Å². The maximum absolute atomic E-state index is 11.7. The Hall–Kier alpha value is -1.82. The van der Waals surface area contributed by atoms with Crippen LogP contribution in [-0.4, -0.2) is 29.2 Å². The fourth-order valence-corrected chi connectivity index (χ4v) is 1.87. The smallest absolute Gasteiger partial charge is 0.371 e. The minimum Gasteiger partial charge on any atom is -0.475 e. The molecule has 1 fully saturated rings. The second kappa shape index (κ2) is 5.22. The standard InChI is InChI=1S/C12H15NO5/c1-7-2-4-9(17-7)11(14)13-6-8-3-5-10(18-8)12(15)16/h3,5,7,9H,2,4,6H2,1H3,(H,13,14)(H,15,16). The Kier molecular flexibility index (Phi) is 3.66. The molecule has 18 heavy (non-hydrogen) atoms. The molecule has 1 aromatic heterocycles. The zero-order chi connectivity index (χ0) is 13.1. The molecule has 0 aromatic carbocycles. The lowest BCUT2D eigenvalue weighted by Crippen LogP contribution is -2.34. The third-order valence-corrected chi connectivity index (χ3v) is 2.83. The number of carbonyl (C=O) groups is 2. The Morgan fingerprint density at radius 2 is 2.22 bits per heavy atom. The van der Waals surface area contributed by atoms with Crippen molar-refractivity contribution < 1.29 is 23.8 Å². The molecule has 98 valence electrons. The summed E-state index contributed by atoms with van der Waals surface area (Å²) < 4.78 is 10.4. The summed E-state index contributed by atoms with van der Waals surface area (Å²) in [5.74, 6) is -1.04. The van der Waals surface area contributed by atoms with Crippen LogP contribution < -0.4 is 5.32 Å². The highest BCUT2D eigenvalue weighted by Gasteiger charge is 2.27. The predicted octanol–water partition coefficient (Wildman–Crippen LogP) is 1.16. The maximum Gasteiger partial charge on any atom is 0.371 e. The average molecular weight is 253 g/mol. The van der Waals surface area contributed by atoms with Crippen molar-refractivity contribution in [2.75, 3.05) is 0 Å². The first kappa shape index (κ1) is 12.6. The third-order valence-electron chi connectivity index (χ3n) is 2.83. The molecular weight excluding hydrogens is 238 g/mol. The van der Waals surface area contributed by atoms with Gasteiger partial charge in [0.2, 0.25) is 11.7 Å². The Morgan fingerprint density at radius 1 is 1.44 bits per heavy atom. The monoisotopic (exact) mass is 253 g/mol. The van der Waals surface area contributed by atoms with Crippen molar-refractivity contribution in [3.8, 4) is 0 Å². The van der Waals surface area contributed by atoms with Crippen LogP contribution in [0.25, 0.3) is 0 Å². The van der Waals surface area contributed by atoms with Crippen molar-refractivity contribution in [3.05, 3.63) is 23.7 Å². The van der Waals surface area contributed by atoms with Gasteiger partial charge >= 0.3 is 5.97 Å². The SMILES string of the molecule is CC1CCC(C(=O)NCc2ccc(C(=O)O)o2)O1. The van der Waals surface area contributed by atoms with Gasteiger partial charge in [0, 0.05) is 0 Å². The van der Waals surface area contributed by atoms with Crippen LogP contribution in [0.5, 0.6) is 0 Å². The third kappa shape index (κ3) is 2.89. The van der Waals surface area contributed by atoms with Gasteiger partial charge < -0.3 is 19.6 Å². The molecule has 0 saturated carbocycles. The molecule has 1 aromatic rings. The van der Waals surface area contributed by atoms with Crippen molar-refractivity contribution in [1.82, 2.24) is 5.32 Å². The van der Waals surface area contributed by atoms with Gasteiger partial charge in [-0.1, -0.05) is 0 Å². The largest absolute Gasteiger partial charge is 0.475 e. The molecule has 6 heteroatoms. The lowest BCUT2D eigenvalue weighted by atomic mass is 10.2. The van der Waals surface area contributed by atoms with Crippen molar-refractivity contribution in [3.63, 3.8) is 0 Å². The van der Waals surface area contributed by atoms with Crippen molar-refractivity contribution in [2.45, 2.75) is 38.5 Å². The summed E-state index contributed by atoms with van der Waals surface area (Å²) in [6.07, 6.45) is 1.30. The van der Waals surface area contributed by atoms with Gasteiger partial charge in [-0.05, 0) is 31.9 Å². The molecule has 0 bridgehead atoms. The lowest BCUT2D eigenvalue weighted by molar-refractivity contribution is -0.131. The van der Waals surface area contributed by atoms with E-state index in [4.69, 9.17) is 14.3 Å². The molecule has 6 nitrogen and oxygen atoms in total. The molecule has 2 atom stereocenters. The second-order valence-corrected chi connectivity index (χ2v) is 4.30. The number of ether oxygens (including phenoxy) is 1. The number of hydrogen-bond donors (Lipinski definition) is 2. The van der Waals surface area contributed by atoms with E-state index in [2.05, 4.69) is 5.32 Å². The molecule has 1 saturated heterocycles. The van der Waals surface area contributed by atoms with E-state index in [1.807, 2.05) is 6.92 Å². The molecule has 0 aliphatic carbocycles. The number of carboxylic acid groups (broad SMARTS) is 1. The van der Waals surface area contributed by atoms with Gasteiger partial charge in [-0.2, -0.15) is 0 Å². The molecule has 1 aliphatic heterocycles. The number of hydrogen-bond acceptors (Lipinski definition) is 4. The number of nitrogens with one attached hydrogen (secondary N) is 1. The molecular formula is C12H15NO5. The molecule has 2 rings (SSSR count). The van der Waals surface area contributed by atoms with Crippen LogP contribution in [0.2, 0.25) is 0 Å². The molecule has 1 aliphatic rings. The number of carboxylic acids is 1. The minimum atomic E-state index is -1.12. The fourth-order valence-electron chi connectivity index (χ4n) is 1.87. The zero-order valence-corrected chi connectivity index (χ0v) is 10.0. The van der Waals surface area contributed by atoms with Gasteiger partial charge in [0.15, 0.2) is 0 Å². The van der Waals surface area contributed by atoms with Crippen LogP contribution in [0.1, 0.15) is 36.1 Å². The first-order chi connectivity index (χ1) is 8.56. The summed E-state index contributed by atoms with van der Waals surface area (Å²) in [5.41, 5.74) is 0. The summed E-state index contributed by atoms with van der Waals surface area (Å²) in [5, 5.41) is 11.3. The summed E-state index contributed by atoms with van der Waals surface area (Å²) in [6, 6.07) is 2.89. The van der Waals surface area contributed by atoms with Crippen LogP contribution in [0, 0.1) is 0 Å². The summed E-state index contributed by atoms with van der Waals surface area (Å²) >= 11 is 0. The van der Waals surface area contributed by atoms with E-state index in [1.54, 1.807) is 0 Å². The van der Waals surface area contributed by atoms with Crippen LogP contribution >= 0.6 is 0 Å². The summed E-state index contributed by atoms with van der Waals surface area (Å²) in [6.45, 7) is 2.10. The Labute approximate surface area is 104 Å². The highest BCUT2D eigenvalue weighted by molar-refractivity contribution is 5.84. The second-order valence-electron chi connectivity index (χ2n) is 4.30. The highest BCUT2D eigenvalue weighted by atomic mass is 16.5. The molecule has 0 spiro atoms. The summed E-state index contributed by atoms with van der Waals surface area (Å²) in [7, 11) is 0. The maximum atomic E-state index is 11.7. The Bertz CT molecular complexity index is 453. The lowest BCUT2D eigenvalue weighted by Gasteiger charge is -2.10. The Balaban J connectivity index is 1.83. The minimum absolute atomic E-state index is 0.114. The topological polar surface area (TPSA) is 88.8 Å². The van der Waals surface area contributed by atoms with Gasteiger partial charge in [-0.15, -0.1) is 0 Å². The van der Waals surface area contributed by atoms with Gasteiger partial charge in [0.1, 0.15) is 11.9 Å². The van der Waals surface area contributed by atoms with E-state index in [0.29, 0.717) is 12.2 Å². The van der Waals surface area contributed by atoms with E-state index >= 15 is 0 Å². The first-order valence-electron chi connectivity index (χ1n) is 5.81. The van der Waals surface area contributed by atoms with E-state index in [-0.39, 0.29) is 24.3 Å². The van der Waals surface area contributed by atoms with Gasteiger partial charge in [0.05, 0.1) is 12.6 Å². The van der Waals surface area contributed by atoms with Gasteiger partial charge in [-0.25, -0.2) is 4.79 Å². The molecule has 2 heterocycles. The summed E-state index contributed by atoms with van der Waals surface area (Å²) in [4.78, 5) is 22.3. The van der Waals surface area contributed by atoms with Gasteiger partial charge in [0.25, 0.3) is 0 Å². The first-order valence-corrected chi connectivity index (χ1v) is 5.81. The van der Waals surface area contributed by atoms with E-state index < -0.39 is 12.1 Å². The molecule has 1 amide bonds.